The van der Waals surface area contributed by atoms with E-state index < -0.39 is 23.8 Å². The summed E-state index contributed by atoms with van der Waals surface area (Å²) in [6, 6.07) is 31.8. The molecule has 0 saturated heterocycles. The van der Waals surface area contributed by atoms with Crippen LogP contribution in [0.2, 0.25) is 0 Å². The zero-order chi connectivity index (χ0) is 43.2. The van der Waals surface area contributed by atoms with E-state index in [0.717, 1.165) is 85.4 Å². The largest absolute Gasteiger partial charge is 0.483 e. The van der Waals surface area contributed by atoms with Gasteiger partial charge in [0.15, 0.2) is 12.2 Å². The van der Waals surface area contributed by atoms with Crippen LogP contribution in [-0.2, 0) is 56.6 Å². The SMILES string of the molecule is CC(C)=C1CCc2ccc(cc2)C[C@H](CCc2cccc(Cc3ccccc3)c2)CC(=O)O[C@H]2c3c(ccc4c5c(c(=O)oc34)C(C)(C)CC5)O[C@@](C)(C3CCCC3)[C@H]2OC1=O. The minimum Gasteiger partial charge on any atom is -0.483 e. The Bertz CT molecular complexity index is 2570. The average Bonchev–Trinajstić information content (AvgIpc) is 3.91. The molecule has 7 heteroatoms. The third-order valence-electron chi connectivity index (χ3n) is 14.6. The van der Waals surface area contributed by atoms with Crippen molar-refractivity contribution in [3.8, 4) is 5.75 Å². The van der Waals surface area contributed by atoms with Gasteiger partial charge in [-0.3, -0.25) is 4.79 Å². The van der Waals surface area contributed by atoms with Crippen molar-refractivity contribution in [1.82, 2.24) is 0 Å². The van der Waals surface area contributed by atoms with Crippen molar-refractivity contribution in [3.63, 3.8) is 0 Å². The van der Waals surface area contributed by atoms with Gasteiger partial charge in [-0.1, -0.05) is 111 Å². The summed E-state index contributed by atoms with van der Waals surface area (Å²) in [5, 5.41) is 0.811. The van der Waals surface area contributed by atoms with Crippen molar-refractivity contribution >= 4 is 22.9 Å². The molecule has 2 bridgehead atoms. The number of benzene rings is 4. The molecule has 62 heavy (non-hydrogen) atoms. The van der Waals surface area contributed by atoms with Gasteiger partial charge >= 0.3 is 17.6 Å². The minimum absolute atomic E-state index is 0.0335. The van der Waals surface area contributed by atoms with Gasteiger partial charge in [0.1, 0.15) is 16.9 Å². The lowest BCUT2D eigenvalue weighted by molar-refractivity contribution is -0.199. The number of carbonyl (C=O) groups excluding carboxylic acids is 2. The van der Waals surface area contributed by atoms with Crippen molar-refractivity contribution < 1.29 is 28.2 Å². The van der Waals surface area contributed by atoms with Gasteiger partial charge in [0, 0.05) is 28.9 Å². The predicted octanol–water partition coefficient (Wildman–Crippen LogP) is 11.6. The standard InChI is InChI=1S/C55H60O7/c1-34(2)42-25-24-35-18-20-38(21-19-35)32-40(23-22-37-14-11-15-39(31-37)30-36-12-7-6-8-13-36)33-46(56)59-50-47-45(62-55(5,41-16-9-10-17-41)51(50)61-52(42)57)27-26-44-43-28-29-54(3,4)48(43)53(58)60-49(44)47/h6-8,11-15,18-21,26-27,31,40-41,50-51H,9-10,16-17,22-25,28-30,32-33H2,1-5H3/t40-,50-,51-,55-/m0/s1. The zero-order valence-corrected chi connectivity index (χ0v) is 37.0. The van der Waals surface area contributed by atoms with Gasteiger partial charge in [-0.25, -0.2) is 9.59 Å². The number of ether oxygens (including phenoxy) is 3. The molecule has 1 saturated carbocycles. The summed E-state index contributed by atoms with van der Waals surface area (Å²) in [5.41, 5.74) is 8.29. The van der Waals surface area contributed by atoms with E-state index in [-0.39, 0.29) is 35.3 Å². The number of hydrogen-bond donors (Lipinski definition) is 0. The van der Waals surface area contributed by atoms with Crippen molar-refractivity contribution in [3.05, 3.63) is 157 Å². The van der Waals surface area contributed by atoms with Crippen LogP contribution in [0.4, 0.5) is 0 Å². The fraction of sp³-hybridized carbons (Fsp3) is 0.436. The molecule has 3 aliphatic heterocycles. The number of fused-ring (bicyclic) bond motifs is 15. The number of allylic oxidation sites excluding steroid dienone is 1. The lowest BCUT2D eigenvalue weighted by atomic mass is 9.76. The first-order valence-corrected chi connectivity index (χ1v) is 22.9. The third-order valence-corrected chi connectivity index (χ3v) is 14.6. The smallest absolute Gasteiger partial charge is 0.340 e. The molecule has 2 aliphatic carbocycles. The highest BCUT2D eigenvalue weighted by atomic mass is 16.6. The first kappa shape index (κ1) is 41.9. The monoisotopic (exact) mass is 832 g/mol. The Morgan fingerprint density at radius 3 is 2.23 bits per heavy atom. The molecule has 4 aromatic carbocycles. The normalized spacial score (nSPS) is 23.9. The fourth-order valence-electron chi connectivity index (χ4n) is 11.0. The molecule has 322 valence electrons. The lowest BCUT2D eigenvalue weighted by Crippen LogP contribution is -2.58. The van der Waals surface area contributed by atoms with Crippen molar-refractivity contribution in [2.45, 2.75) is 141 Å². The Morgan fingerprint density at radius 2 is 1.47 bits per heavy atom. The predicted molar refractivity (Wildman–Crippen MR) is 242 cm³/mol. The Labute approximate surface area is 365 Å². The second kappa shape index (κ2) is 17.0. The van der Waals surface area contributed by atoms with E-state index in [9.17, 15) is 14.4 Å². The van der Waals surface area contributed by atoms with Gasteiger partial charge in [-0.15, -0.1) is 0 Å². The molecule has 1 fully saturated rings. The second-order valence-electron chi connectivity index (χ2n) is 19.6. The average molecular weight is 833 g/mol. The molecule has 0 spiro atoms. The molecule has 0 N–H and O–H groups in total. The second-order valence-corrected chi connectivity index (χ2v) is 19.6. The molecule has 5 aromatic rings. The van der Waals surface area contributed by atoms with E-state index >= 15 is 0 Å². The fourth-order valence-corrected chi connectivity index (χ4v) is 11.0. The first-order chi connectivity index (χ1) is 29.9. The highest BCUT2D eigenvalue weighted by Crippen LogP contribution is 2.53. The van der Waals surface area contributed by atoms with E-state index in [0.29, 0.717) is 47.3 Å². The number of aryl methyl sites for hydroxylation is 3. The van der Waals surface area contributed by atoms with E-state index in [4.69, 9.17) is 18.6 Å². The van der Waals surface area contributed by atoms with E-state index in [2.05, 4.69) is 86.6 Å². The van der Waals surface area contributed by atoms with Gasteiger partial charge < -0.3 is 18.6 Å². The molecule has 0 unspecified atom stereocenters. The van der Waals surface area contributed by atoms with Gasteiger partial charge in [-0.05, 0) is 142 Å². The van der Waals surface area contributed by atoms with Crippen molar-refractivity contribution in [2.24, 2.45) is 11.8 Å². The number of carbonyl (C=O) groups is 2. The van der Waals surface area contributed by atoms with Gasteiger partial charge in [0.05, 0.1) is 5.56 Å². The quantitative estimate of drug-likeness (QED) is 0.0956. The van der Waals surface area contributed by atoms with Crippen LogP contribution in [0.1, 0.15) is 137 Å². The molecule has 7 nitrogen and oxygen atoms in total. The third kappa shape index (κ3) is 8.27. The topological polar surface area (TPSA) is 92.0 Å². The maximum atomic E-state index is 14.8. The Balaban J connectivity index is 1.12. The molecule has 0 radical (unpaired) electrons. The molecule has 10 rings (SSSR count). The molecule has 4 atom stereocenters. The Kier molecular flexibility index (Phi) is 11.5. The van der Waals surface area contributed by atoms with E-state index in [1.807, 2.05) is 39.0 Å². The highest BCUT2D eigenvalue weighted by molar-refractivity contribution is 5.90. The summed E-state index contributed by atoms with van der Waals surface area (Å²) in [4.78, 5) is 43.5. The van der Waals surface area contributed by atoms with Gasteiger partial charge in [0.25, 0.3) is 0 Å². The Hall–Kier alpha value is -5.43. The minimum atomic E-state index is -1.07. The summed E-state index contributed by atoms with van der Waals surface area (Å²) in [6.45, 7) is 10.1. The summed E-state index contributed by atoms with van der Waals surface area (Å²) >= 11 is 0. The first-order valence-electron chi connectivity index (χ1n) is 22.9. The van der Waals surface area contributed by atoms with E-state index in [1.54, 1.807) is 0 Å². The lowest BCUT2D eigenvalue weighted by Gasteiger charge is -2.48. The molecular formula is C55H60O7. The number of hydrogen-bond acceptors (Lipinski definition) is 7. The highest BCUT2D eigenvalue weighted by Gasteiger charge is 2.57. The van der Waals surface area contributed by atoms with E-state index in [1.165, 1.54) is 16.7 Å². The van der Waals surface area contributed by atoms with Crippen LogP contribution >= 0.6 is 0 Å². The molecule has 0 amide bonds. The van der Waals surface area contributed by atoms with Crippen molar-refractivity contribution in [1.29, 1.82) is 0 Å². The van der Waals surface area contributed by atoms with Gasteiger partial charge in [0.2, 0.25) is 0 Å². The molecule has 1 aromatic heterocycles. The maximum Gasteiger partial charge on any atom is 0.340 e. The molecule has 4 heterocycles. The van der Waals surface area contributed by atoms with Crippen LogP contribution in [-0.4, -0.2) is 23.6 Å². The summed E-state index contributed by atoms with van der Waals surface area (Å²) in [7, 11) is 0. The molecular weight excluding hydrogens is 773 g/mol. The summed E-state index contributed by atoms with van der Waals surface area (Å²) in [6.07, 6.45) is 7.84. The van der Waals surface area contributed by atoms with Crippen molar-refractivity contribution in [2.75, 3.05) is 0 Å². The van der Waals surface area contributed by atoms with Crippen LogP contribution in [0.15, 0.2) is 111 Å². The van der Waals surface area contributed by atoms with Crippen LogP contribution in [0, 0.1) is 11.8 Å². The Morgan fingerprint density at radius 1 is 0.742 bits per heavy atom. The maximum absolute atomic E-state index is 14.8. The summed E-state index contributed by atoms with van der Waals surface area (Å²) in [5.74, 6) is -0.308. The van der Waals surface area contributed by atoms with Crippen LogP contribution in [0.5, 0.6) is 5.75 Å². The van der Waals surface area contributed by atoms with Crippen LogP contribution in [0.25, 0.3) is 11.0 Å². The number of rotatable bonds is 6. The zero-order valence-electron chi connectivity index (χ0n) is 37.0. The number of esters is 2. The summed E-state index contributed by atoms with van der Waals surface area (Å²) < 4.78 is 27.0. The molecule has 5 aliphatic rings. The van der Waals surface area contributed by atoms with Crippen LogP contribution < -0.4 is 10.4 Å². The van der Waals surface area contributed by atoms with Crippen LogP contribution in [0.3, 0.4) is 0 Å². The van der Waals surface area contributed by atoms with Gasteiger partial charge in [-0.2, -0.15) is 0 Å².